The van der Waals surface area contributed by atoms with Gasteiger partial charge >= 0.3 is 6.03 Å². The van der Waals surface area contributed by atoms with Crippen LogP contribution in [0, 0.1) is 12.3 Å². The summed E-state index contributed by atoms with van der Waals surface area (Å²) < 4.78 is 26.9. The summed E-state index contributed by atoms with van der Waals surface area (Å²) in [6.07, 6.45) is 5.77. The van der Waals surface area contributed by atoms with Crippen LogP contribution in [0.15, 0.2) is 29.6 Å². The fraction of sp³-hybridized carbons (Fsp3) is 0.294. The molecule has 0 saturated heterocycles. The zero-order valence-corrected chi connectivity index (χ0v) is 16.5. The predicted octanol–water partition coefficient (Wildman–Crippen LogP) is 1.50. The number of aromatic nitrogens is 1. The molecule has 10 heteroatoms. The molecule has 144 valence electrons. The van der Waals surface area contributed by atoms with E-state index in [4.69, 9.17) is 16.3 Å². The van der Waals surface area contributed by atoms with Crippen LogP contribution in [0.5, 0.6) is 5.75 Å². The average Bonchev–Trinajstić information content (AvgIpc) is 3.09. The minimum atomic E-state index is -3.63. The number of carbonyl (C=O) groups excluding carboxylic acids is 1. The first kappa shape index (κ1) is 20.7. The molecule has 2 aromatic rings. The van der Waals surface area contributed by atoms with Crippen molar-refractivity contribution in [2.75, 3.05) is 24.7 Å². The van der Waals surface area contributed by atoms with E-state index in [0.29, 0.717) is 10.8 Å². The van der Waals surface area contributed by atoms with Crippen LogP contribution < -0.4 is 20.5 Å². The highest BCUT2D eigenvalue weighted by Crippen LogP contribution is 2.34. The van der Waals surface area contributed by atoms with Crippen molar-refractivity contribution in [3.8, 4) is 18.1 Å². The lowest BCUT2D eigenvalue weighted by Crippen LogP contribution is -2.34. The number of terminal acetylenes is 1. The molecular weight excluding hydrogens is 388 g/mol. The number of hydrogen-bond donors (Lipinski definition) is 3. The zero-order chi connectivity index (χ0) is 20.1. The number of nitrogens with two attached hydrogens (primary N) is 1. The molecule has 0 unspecified atom stereocenters. The Morgan fingerprint density at radius 2 is 2.07 bits per heavy atom. The molecule has 0 aliphatic carbocycles. The molecule has 2 amide bonds. The standard InChI is InChI=1S/C17H20N4O4S2/c1-4-17(2,12-5-7-13(25-3)8-6-12)14-11-26-16(20-14)21-15(22)19-9-10-27(18,23)24/h1,5-8,11H,9-10H2,2-3H3,(H2,18,23,24)(H2,19,20,21,22)/t17-/m1/s1. The van der Waals surface area contributed by atoms with Gasteiger partial charge in [-0.3, -0.25) is 5.32 Å². The number of anilines is 1. The van der Waals surface area contributed by atoms with E-state index in [0.717, 1.165) is 11.3 Å². The van der Waals surface area contributed by atoms with E-state index in [1.807, 2.05) is 31.2 Å². The van der Waals surface area contributed by atoms with Crippen molar-refractivity contribution in [1.82, 2.24) is 10.3 Å². The molecule has 4 N–H and O–H groups in total. The topological polar surface area (TPSA) is 123 Å². The number of ether oxygens (including phenoxy) is 1. The summed E-state index contributed by atoms with van der Waals surface area (Å²) in [6, 6.07) is 6.78. The van der Waals surface area contributed by atoms with Gasteiger partial charge in [-0.05, 0) is 24.6 Å². The van der Waals surface area contributed by atoms with Crippen LogP contribution >= 0.6 is 11.3 Å². The van der Waals surface area contributed by atoms with Crippen molar-refractivity contribution in [1.29, 1.82) is 0 Å². The van der Waals surface area contributed by atoms with Crippen molar-refractivity contribution in [2.24, 2.45) is 5.14 Å². The first-order chi connectivity index (χ1) is 12.7. The van der Waals surface area contributed by atoms with Crippen LogP contribution in [-0.2, 0) is 15.4 Å². The number of rotatable bonds is 7. The lowest BCUT2D eigenvalue weighted by atomic mass is 9.81. The Bertz CT molecular complexity index is 948. The molecule has 0 spiro atoms. The van der Waals surface area contributed by atoms with Gasteiger partial charge in [-0.15, -0.1) is 17.8 Å². The largest absolute Gasteiger partial charge is 0.497 e. The number of sulfonamides is 1. The smallest absolute Gasteiger partial charge is 0.321 e. The molecule has 27 heavy (non-hydrogen) atoms. The van der Waals surface area contributed by atoms with E-state index in [9.17, 15) is 13.2 Å². The van der Waals surface area contributed by atoms with Gasteiger partial charge in [0.1, 0.15) is 5.75 Å². The van der Waals surface area contributed by atoms with Gasteiger partial charge in [-0.2, -0.15) is 0 Å². The van der Waals surface area contributed by atoms with Crippen LogP contribution in [0.2, 0.25) is 0 Å². The van der Waals surface area contributed by atoms with E-state index < -0.39 is 21.5 Å². The zero-order valence-electron chi connectivity index (χ0n) is 14.9. The Morgan fingerprint density at radius 3 is 2.63 bits per heavy atom. The van der Waals surface area contributed by atoms with Crippen LogP contribution in [-0.4, -0.2) is 38.8 Å². The van der Waals surface area contributed by atoms with Gasteiger partial charge in [0.25, 0.3) is 0 Å². The fourth-order valence-corrected chi connectivity index (χ4v) is 3.44. The number of methoxy groups -OCH3 is 1. The molecule has 0 aliphatic rings. The average molecular weight is 409 g/mol. The van der Waals surface area contributed by atoms with E-state index in [1.54, 1.807) is 12.5 Å². The number of benzene rings is 1. The van der Waals surface area contributed by atoms with Gasteiger partial charge < -0.3 is 10.1 Å². The summed E-state index contributed by atoms with van der Waals surface area (Å²) in [5.41, 5.74) is 0.688. The monoisotopic (exact) mass is 408 g/mol. The summed E-state index contributed by atoms with van der Waals surface area (Å²) in [5.74, 6) is 3.13. The molecule has 0 radical (unpaired) electrons. The molecular formula is C17H20N4O4S2. The maximum atomic E-state index is 11.8. The van der Waals surface area contributed by atoms with Crippen LogP contribution in [0.1, 0.15) is 18.2 Å². The van der Waals surface area contributed by atoms with E-state index in [2.05, 4.69) is 21.5 Å². The van der Waals surface area contributed by atoms with Crippen LogP contribution in [0.3, 0.4) is 0 Å². The van der Waals surface area contributed by atoms with Gasteiger partial charge in [0.2, 0.25) is 10.0 Å². The molecule has 1 heterocycles. The molecule has 1 aromatic heterocycles. The first-order valence-corrected chi connectivity index (χ1v) is 10.4. The molecule has 0 fully saturated rings. The number of urea groups is 1. The van der Waals surface area contributed by atoms with Gasteiger partial charge in [0.15, 0.2) is 5.13 Å². The minimum Gasteiger partial charge on any atom is -0.497 e. The highest BCUT2D eigenvalue weighted by molar-refractivity contribution is 7.89. The van der Waals surface area contributed by atoms with Gasteiger partial charge in [-0.1, -0.05) is 18.1 Å². The third-order valence-corrected chi connectivity index (χ3v) is 5.40. The lowest BCUT2D eigenvalue weighted by Gasteiger charge is -2.22. The SMILES string of the molecule is C#C[C@](C)(c1ccc(OC)cc1)c1csc(NC(=O)NCCS(N)(=O)=O)n1. The quantitative estimate of drug-likeness (QED) is 0.599. The highest BCUT2D eigenvalue weighted by Gasteiger charge is 2.29. The summed E-state index contributed by atoms with van der Waals surface area (Å²) >= 11 is 1.22. The number of carbonyl (C=O) groups is 1. The van der Waals surface area contributed by atoms with Crippen molar-refractivity contribution >= 4 is 32.5 Å². The van der Waals surface area contributed by atoms with Crippen LogP contribution in [0.25, 0.3) is 0 Å². The van der Waals surface area contributed by atoms with Gasteiger partial charge in [0, 0.05) is 11.9 Å². The molecule has 8 nitrogen and oxygen atoms in total. The second kappa shape index (κ2) is 8.39. The van der Waals surface area contributed by atoms with Crippen molar-refractivity contribution in [2.45, 2.75) is 12.3 Å². The van der Waals surface area contributed by atoms with Crippen LogP contribution in [0.4, 0.5) is 9.93 Å². The van der Waals surface area contributed by atoms with Crippen molar-refractivity contribution < 1.29 is 17.9 Å². The Kier molecular flexibility index (Phi) is 6.43. The summed E-state index contributed by atoms with van der Waals surface area (Å²) in [5, 5.41) is 11.9. The molecule has 1 atom stereocenters. The molecule has 0 bridgehead atoms. The third kappa shape index (κ3) is 5.43. The molecule has 0 aliphatic heterocycles. The van der Waals surface area contributed by atoms with E-state index in [1.165, 1.54) is 11.3 Å². The van der Waals surface area contributed by atoms with Gasteiger partial charge in [0.05, 0.1) is 24.0 Å². The molecule has 0 saturated carbocycles. The maximum absolute atomic E-state index is 11.8. The predicted molar refractivity (Wildman–Crippen MR) is 105 cm³/mol. The summed E-state index contributed by atoms with van der Waals surface area (Å²) in [4.78, 5) is 16.2. The Balaban J connectivity index is 2.10. The highest BCUT2D eigenvalue weighted by atomic mass is 32.2. The third-order valence-electron chi connectivity index (χ3n) is 3.87. The number of primary sulfonamides is 1. The molecule has 2 rings (SSSR count). The Hall–Kier alpha value is -2.61. The Labute approximate surface area is 162 Å². The fourth-order valence-electron chi connectivity index (χ4n) is 2.24. The maximum Gasteiger partial charge on any atom is 0.321 e. The second-order valence-electron chi connectivity index (χ2n) is 5.78. The summed E-state index contributed by atoms with van der Waals surface area (Å²) in [7, 11) is -2.05. The number of nitrogens with one attached hydrogen (secondary N) is 2. The second-order valence-corrected chi connectivity index (χ2v) is 8.38. The normalized spacial score (nSPS) is 13.3. The number of thiazole rings is 1. The van der Waals surface area contributed by atoms with Crippen molar-refractivity contribution in [3.05, 3.63) is 40.9 Å². The number of nitrogens with zero attached hydrogens (tertiary/aromatic N) is 1. The van der Waals surface area contributed by atoms with Crippen molar-refractivity contribution in [3.63, 3.8) is 0 Å². The first-order valence-electron chi connectivity index (χ1n) is 7.81. The number of amides is 2. The Morgan fingerprint density at radius 1 is 1.41 bits per heavy atom. The lowest BCUT2D eigenvalue weighted by molar-refractivity contribution is 0.252. The van der Waals surface area contributed by atoms with E-state index in [-0.39, 0.29) is 12.3 Å². The summed E-state index contributed by atoms with van der Waals surface area (Å²) in [6.45, 7) is 1.76. The molecule has 1 aromatic carbocycles. The minimum absolute atomic E-state index is 0.100. The number of hydrogen-bond acceptors (Lipinski definition) is 6. The van der Waals surface area contributed by atoms with E-state index >= 15 is 0 Å². The van der Waals surface area contributed by atoms with Gasteiger partial charge in [-0.25, -0.2) is 23.3 Å².